The van der Waals surface area contributed by atoms with Crippen molar-refractivity contribution in [3.8, 4) is 22.8 Å². The Morgan fingerprint density at radius 2 is 1.97 bits per heavy atom. The zero-order valence-electron chi connectivity index (χ0n) is 16.6. The summed E-state index contributed by atoms with van der Waals surface area (Å²) in [5.74, 6) is 1.14. The molecule has 4 rings (SSSR count). The van der Waals surface area contributed by atoms with Gasteiger partial charge in [-0.15, -0.1) is 0 Å². The minimum absolute atomic E-state index is 0.0948. The number of amides is 1. The lowest BCUT2D eigenvalue weighted by Crippen LogP contribution is -2.31. The molecule has 3 aromatic rings. The average molecular weight is 392 g/mol. The van der Waals surface area contributed by atoms with E-state index in [1.807, 2.05) is 48.5 Å². The minimum atomic E-state index is -0.124. The summed E-state index contributed by atoms with van der Waals surface area (Å²) in [5.41, 5.74) is 2.91. The summed E-state index contributed by atoms with van der Waals surface area (Å²) in [4.78, 5) is 17.7. The first-order valence-electron chi connectivity index (χ1n) is 9.71. The lowest BCUT2D eigenvalue weighted by Gasteiger charge is -2.14. The van der Waals surface area contributed by atoms with E-state index in [2.05, 4.69) is 5.32 Å². The highest BCUT2D eigenvalue weighted by Gasteiger charge is 2.19. The number of carbonyl (C=O) groups excluding carboxylic acids is 1. The molecule has 0 unspecified atom stereocenters. The lowest BCUT2D eigenvalue weighted by molar-refractivity contribution is 0.0859. The third-order valence-electron chi connectivity index (χ3n) is 5.15. The molecule has 0 saturated carbocycles. The van der Waals surface area contributed by atoms with Crippen molar-refractivity contribution in [2.75, 3.05) is 27.4 Å². The Labute approximate surface area is 169 Å². The quantitative estimate of drug-likeness (QED) is 0.690. The molecular weight excluding hydrogens is 368 g/mol. The number of aromatic nitrogens is 1. The summed E-state index contributed by atoms with van der Waals surface area (Å²) < 4.78 is 16.3. The Balaban J connectivity index is 1.71. The zero-order chi connectivity index (χ0) is 20.2. The van der Waals surface area contributed by atoms with Gasteiger partial charge in [0, 0.05) is 24.1 Å². The zero-order valence-corrected chi connectivity index (χ0v) is 16.6. The second-order valence-corrected chi connectivity index (χ2v) is 6.99. The molecule has 2 heterocycles. The molecule has 0 radical (unpaired) electrons. The molecule has 29 heavy (non-hydrogen) atoms. The van der Waals surface area contributed by atoms with Gasteiger partial charge in [0.05, 0.1) is 37.1 Å². The van der Waals surface area contributed by atoms with E-state index in [4.69, 9.17) is 19.2 Å². The fraction of sp³-hybridized carbons (Fsp3) is 0.304. The van der Waals surface area contributed by atoms with Crippen LogP contribution in [0.1, 0.15) is 23.2 Å². The van der Waals surface area contributed by atoms with E-state index in [1.165, 1.54) is 0 Å². The lowest BCUT2D eigenvalue weighted by atomic mass is 10.0. The van der Waals surface area contributed by atoms with E-state index < -0.39 is 0 Å². The number of hydrogen-bond donors (Lipinski definition) is 1. The highest BCUT2D eigenvalue weighted by Crippen LogP contribution is 2.33. The third-order valence-corrected chi connectivity index (χ3v) is 5.15. The van der Waals surface area contributed by atoms with Crippen molar-refractivity contribution in [3.63, 3.8) is 0 Å². The normalized spacial score (nSPS) is 16.0. The number of rotatable bonds is 6. The standard InChI is InChI=1S/C23H24N2O4/c1-27-21-10-9-15(12-22(21)28-2)20-13-18(17-7-3-4-8-19(17)25-20)23(26)24-14-16-6-5-11-29-16/h3-4,7-10,12-13,16H,5-6,11,14H2,1-2H3,(H,24,26)/t16-/m0/s1. The summed E-state index contributed by atoms with van der Waals surface area (Å²) in [7, 11) is 3.20. The number of hydrogen-bond acceptors (Lipinski definition) is 5. The molecular formula is C23H24N2O4. The van der Waals surface area contributed by atoms with Crippen molar-refractivity contribution >= 4 is 16.8 Å². The molecule has 1 amide bonds. The molecule has 1 aliphatic heterocycles. The number of pyridine rings is 1. The van der Waals surface area contributed by atoms with Crippen LogP contribution in [0, 0.1) is 0 Å². The molecule has 6 heteroatoms. The number of benzene rings is 2. The summed E-state index contributed by atoms with van der Waals surface area (Å²) in [5, 5.41) is 3.84. The first kappa shape index (κ1) is 19.2. The Morgan fingerprint density at radius 3 is 2.72 bits per heavy atom. The SMILES string of the molecule is COc1ccc(-c2cc(C(=O)NC[C@@H]3CCCO3)c3ccccc3n2)cc1OC. The van der Waals surface area contributed by atoms with E-state index in [-0.39, 0.29) is 12.0 Å². The van der Waals surface area contributed by atoms with Gasteiger partial charge in [-0.1, -0.05) is 18.2 Å². The van der Waals surface area contributed by atoms with E-state index in [0.717, 1.165) is 35.9 Å². The van der Waals surface area contributed by atoms with Gasteiger partial charge in [-0.3, -0.25) is 4.79 Å². The smallest absolute Gasteiger partial charge is 0.252 e. The first-order chi connectivity index (χ1) is 14.2. The molecule has 1 aromatic heterocycles. The highest BCUT2D eigenvalue weighted by molar-refractivity contribution is 6.07. The van der Waals surface area contributed by atoms with Gasteiger partial charge in [-0.25, -0.2) is 4.98 Å². The Hall–Kier alpha value is -3.12. The van der Waals surface area contributed by atoms with Crippen molar-refractivity contribution < 1.29 is 19.0 Å². The fourth-order valence-corrected chi connectivity index (χ4v) is 3.61. The Kier molecular flexibility index (Phi) is 5.62. The van der Waals surface area contributed by atoms with Crippen LogP contribution in [0.5, 0.6) is 11.5 Å². The van der Waals surface area contributed by atoms with Crippen LogP contribution in [0.3, 0.4) is 0 Å². The molecule has 1 N–H and O–H groups in total. The van der Waals surface area contributed by atoms with E-state index in [1.54, 1.807) is 14.2 Å². The van der Waals surface area contributed by atoms with Gasteiger partial charge in [0.15, 0.2) is 11.5 Å². The van der Waals surface area contributed by atoms with Crippen LogP contribution in [0.2, 0.25) is 0 Å². The van der Waals surface area contributed by atoms with Crippen molar-refractivity contribution in [1.29, 1.82) is 0 Å². The Bertz CT molecular complexity index is 1030. The molecule has 150 valence electrons. The van der Waals surface area contributed by atoms with Gasteiger partial charge in [-0.2, -0.15) is 0 Å². The van der Waals surface area contributed by atoms with Gasteiger partial charge in [-0.05, 0) is 43.2 Å². The number of para-hydroxylation sites is 1. The largest absolute Gasteiger partial charge is 0.493 e. The maximum Gasteiger partial charge on any atom is 0.252 e. The topological polar surface area (TPSA) is 69.7 Å². The fourth-order valence-electron chi connectivity index (χ4n) is 3.61. The van der Waals surface area contributed by atoms with Crippen LogP contribution in [0.15, 0.2) is 48.5 Å². The average Bonchev–Trinajstić information content (AvgIpc) is 3.30. The van der Waals surface area contributed by atoms with Crippen LogP contribution in [-0.2, 0) is 4.74 Å². The monoisotopic (exact) mass is 392 g/mol. The van der Waals surface area contributed by atoms with E-state index in [0.29, 0.717) is 29.3 Å². The number of methoxy groups -OCH3 is 2. The van der Waals surface area contributed by atoms with Gasteiger partial charge < -0.3 is 19.5 Å². The van der Waals surface area contributed by atoms with E-state index in [9.17, 15) is 4.79 Å². The Morgan fingerprint density at radius 1 is 1.14 bits per heavy atom. The number of nitrogens with one attached hydrogen (secondary N) is 1. The number of fused-ring (bicyclic) bond motifs is 1. The van der Waals surface area contributed by atoms with Gasteiger partial charge in [0.1, 0.15) is 0 Å². The molecule has 1 fully saturated rings. The van der Waals surface area contributed by atoms with Crippen LogP contribution in [-0.4, -0.2) is 44.4 Å². The maximum atomic E-state index is 13.0. The van der Waals surface area contributed by atoms with Crippen LogP contribution in [0.25, 0.3) is 22.2 Å². The van der Waals surface area contributed by atoms with Gasteiger partial charge in [0.2, 0.25) is 0 Å². The van der Waals surface area contributed by atoms with Crippen LogP contribution < -0.4 is 14.8 Å². The number of carbonyl (C=O) groups is 1. The molecule has 1 saturated heterocycles. The summed E-state index contributed by atoms with van der Waals surface area (Å²) in [6.45, 7) is 1.28. The van der Waals surface area contributed by atoms with Crippen molar-refractivity contribution in [1.82, 2.24) is 10.3 Å². The number of ether oxygens (including phenoxy) is 3. The van der Waals surface area contributed by atoms with Crippen molar-refractivity contribution in [2.24, 2.45) is 0 Å². The molecule has 0 spiro atoms. The van der Waals surface area contributed by atoms with Crippen molar-refractivity contribution in [2.45, 2.75) is 18.9 Å². The second kappa shape index (κ2) is 8.49. The first-order valence-corrected chi connectivity index (χ1v) is 9.71. The third kappa shape index (κ3) is 4.03. The molecule has 0 bridgehead atoms. The van der Waals surface area contributed by atoms with Crippen molar-refractivity contribution in [3.05, 3.63) is 54.1 Å². The molecule has 1 aliphatic rings. The summed E-state index contributed by atoms with van der Waals surface area (Å²) >= 11 is 0. The minimum Gasteiger partial charge on any atom is -0.493 e. The molecule has 2 aromatic carbocycles. The maximum absolute atomic E-state index is 13.0. The summed E-state index contributed by atoms with van der Waals surface area (Å²) in [6, 6.07) is 15.1. The predicted octanol–water partition coefficient (Wildman–Crippen LogP) is 3.83. The van der Waals surface area contributed by atoms with E-state index >= 15 is 0 Å². The van der Waals surface area contributed by atoms with Crippen LogP contribution >= 0.6 is 0 Å². The molecule has 1 atom stereocenters. The number of nitrogens with zero attached hydrogens (tertiary/aromatic N) is 1. The van der Waals surface area contributed by atoms with Gasteiger partial charge >= 0.3 is 0 Å². The van der Waals surface area contributed by atoms with Crippen LogP contribution in [0.4, 0.5) is 0 Å². The second-order valence-electron chi connectivity index (χ2n) is 6.99. The molecule has 0 aliphatic carbocycles. The predicted molar refractivity (Wildman–Crippen MR) is 112 cm³/mol. The summed E-state index contributed by atoms with van der Waals surface area (Å²) in [6.07, 6.45) is 2.12. The van der Waals surface area contributed by atoms with Gasteiger partial charge in [0.25, 0.3) is 5.91 Å². The molecule has 6 nitrogen and oxygen atoms in total. The highest BCUT2D eigenvalue weighted by atomic mass is 16.5.